The summed E-state index contributed by atoms with van der Waals surface area (Å²) >= 11 is 0. The Morgan fingerprint density at radius 1 is 0.786 bits per heavy atom. The number of hydrogen-bond donors (Lipinski definition) is 3. The SMILES string of the molecule is CC(=O)Nc1cccc(Nc2ccc(NC(=O)Cc3ccccc3F)cc2)c1. The van der Waals surface area contributed by atoms with Gasteiger partial charge in [0.2, 0.25) is 11.8 Å². The van der Waals surface area contributed by atoms with Crippen LogP contribution >= 0.6 is 0 Å². The van der Waals surface area contributed by atoms with Crippen LogP contribution in [-0.4, -0.2) is 11.8 Å². The summed E-state index contributed by atoms with van der Waals surface area (Å²) < 4.78 is 13.6. The van der Waals surface area contributed by atoms with E-state index in [1.807, 2.05) is 30.3 Å². The maximum Gasteiger partial charge on any atom is 0.228 e. The van der Waals surface area contributed by atoms with Gasteiger partial charge in [0.15, 0.2) is 0 Å². The van der Waals surface area contributed by atoms with E-state index in [0.717, 1.165) is 11.4 Å². The molecule has 6 heteroatoms. The lowest BCUT2D eigenvalue weighted by atomic mass is 10.1. The van der Waals surface area contributed by atoms with Gasteiger partial charge >= 0.3 is 0 Å². The molecular weight excluding hydrogens is 357 g/mol. The van der Waals surface area contributed by atoms with Crippen LogP contribution in [0.5, 0.6) is 0 Å². The molecule has 0 spiro atoms. The summed E-state index contributed by atoms with van der Waals surface area (Å²) in [6, 6.07) is 20.8. The standard InChI is InChI=1S/C22H20FN3O2/c1-15(27)24-19-6-4-7-20(14-19)25-17-9-11-18(12-10-17)26-22(28)13-16-5-2-3-8-21(16)23/h2-12,14,25H,13H2,1H3,(H,24,27)(H,26,28). The van der Waals surface area contributed by atoms with Gasteiger partial charge in [0, 0.05) is 29.7 Å². The molecule has 0 saturated heterocycles. The molecule has 2 amide bonds. The predicted octanol–water partition coefficient (Wildman–Crippen LogP) is 4.71. The van der Waals surface area contributed by atoms with Gasteiger partial charge in [-0.1, -0.05) is 24.3 Å². The number of hydrogen-bond acceptors (Lipinski definition) is 3. The molecule has 3 N–H and O–H groups in total. The number of amides is 2. The van der Waals surface area contributed by atoms with E-state index < -0.39 is 5.82 Å². The molecule has 142 valence electrons. The molecule has 0 aromatic heterocycles. The molecule has 0 radical (unpaired) electrons. The average molecular weight is 377 g/mol. The molecule has 3 aromatic carbocycles. The lowest BCUT2D eigenvalue weighted by Gasteiger charge is -2.10. The normalized spacial score (nSPS) is 10.2. The minimum absolute atomic E-state index is 0.0252. The number of carbonyl (C=O) groups is 2. The molecule has 0 saturated carbocycles. The molecule has 0 aliphatic carbocycles. The van der Waals surface area contributed by atoms with Crippen molar-refractivity contribution in [1.29, 1.82) is 0 Å². The van der Waals surface area contributed by atoms with Crippen LogP contribution < -0.4 is 16.0 Å². The molecule has 0 bridgehead atoms. The average Bonchev–Trinajstić information content (AvgIpc) is 2.65. The van der Waals surface area contributed by atoms with E-state index in [9.17, 15) is 14.0 Å². The van der Waals surface area contributed by atoms with Gasteiger partial charge < -0.3 is 16.0 Å². The van der Waals surface area contributed by atoms with Crippen molar-refractivity contribution in [3.63, 3.8) is 0 Å². The first-order chi connectivity index (χ1) is 13.5. The van der Waals surface area contributed by atoms with E-state index >= 15 is 0 Å². The van der Waals surface area contributed by atoms with Crippen LogP contribution in [0.1, 0.15) is 12.5 Å². The predicted molar refractivity (Wildman–Crippen MR) is 109 cm³/mol. The van der Waals surface area contributed by atoms with Crippen molar-refractivity contribution >= 4 is 34.6 Å². The van der Waals surface area contributed by atoms with Crippen molar-refractivity contribution in [2.45, 2.75) is 13.3 Å². The van der Waals surface area contributed by atoms with Crippen molar-refractivity contribution in [3.8, 4) is 0 Å². The molecule has 3 aromatic rings. The van der Waals surface area contributed by atoms with Crippen LogP contribution in [0.15, 0.2) is 72.8 Å². The second-order valence-electron chi connectivity index (χ2n) is 6.28. The smallest absolute Gasteiger partial charge is 0.228 e. The fourth-order valence-corrected chi connectivity index (χ4v) is 2.70. The fourth-order valence-electron chi connectivity index (χ4n) is 2.70. The minimum Gasteiger partial charge on any atom is -0.355 e. The molecule has 0 heterocycles. The maximum absolute atomic E-state index is 13.6. The Labute approximate surface area is 162 Å². The van der Waals surface area contributed by atoms with Crippen molar-refractivity contribution in [2.24, 2.45) is 0 Å². The molecule has 0 fully saturated rings. The highest BCUT2D eigenvalue weighted by atomic mass is 19.1. The van der Waals surface area contributed by atoms with Crippen LogP contribution in [0.25, 0.3) is 0 Å². The first-order valence-corrected chi connectivity index (χ1v) is 8.77. The van der Waals surface area contributed by atoms with Crippen molar-refractivity contribution < 1.29 is 14.0 Å². The Morgan fingerprint density at radius 2 is 1.46 bits per heavy atom. The highest BCUT2D eigenvalue weighted by Gasteiger charge is 2.08. The van der Waals surface area contributed by atoms with Crippen LogP contribution in [0.4, 0.5) is 27.1 Å². The minimum atomic E-state index is -0.390. The number of benzene rings is 3. The van der Waals surface area contributed by atoms with Gasteiger partial charge in [-0.2, -0.15) is 0 Å². The Kier molecular flexibility index (Phi) is 6.01. The second-order valence-corrected chi connectivity index (χ2v) is 6.28. The van der Waals surface area contributed by atoms with Crippen molar-refractivity contribution in [3.05, 3.63) is 84.2 Å². The zero-order valence-electron chi connectivity index (χ0n) is 15.3. The van der Waals surface area contributed by atoms with Crippen LogP contribution in [0, 0.1) is 5.82 Å². The van der Waals surface area contributed by atoms with Gasteiger partial charge in [0.25, 0.3) is 0 Å². The van der Waals surface area contributed by atoms with Crippen molar-refractivity contribution in [1.82, 2.24) is 0 Å². The number of halogens is 1. The molecule has 28 heavy (non-hydrogen) atoms. The zero-order valence-corrected chi connectivity index (χ0v) is 15.3. The van der Waals surface area contributed by atoms with E-state index in [1.165, 1.54) is 13.0 Å². The third kappa shape index (κ3) is 5.41. The quantitative estimate of drug-likeness (QED) is 0.583. The van der Waals surface area contributed by atoms with Gasteiger partial charge in [-0.15, -0.1) is 0 Å². The third-order valence-corrected chi connectivity index (χ3v) is 3.95. The molecule has 0 unspecified atom stereocenters. The van der Waals surface area contributed by atoms with Gasteiger partial charge in [-0.25, -0.2) is 4.39 Å². The highest BCUT2D eigenvalue weighted by molar-refractivity contribution is 5.92. The molecule has 0 atom stereocenters. The summed E-state index contributed by atoms with van der Waals surface area (Å²) in [5.41, 5.74) is 3.33. The number of carbonyl (C=O) groups excluding carboxylic acids is 2. The Balaban J connectivity index is 1.60. The van der Waals surface area contributed by atoms with Gasteiger partial charge in [-0.3, -0.25) is 9.59 Å². The van der Waals surface area contributed by atoms with Crippen LogP contribution in [-0.2, 0) is 16.0 Å². The first-order valence-electron chi connectivity index (χ1n) is 8.77. The van der Waals surface area contributed by atoms with E-state index in [0.29, 0.717) is 16.9 Å². The summed E-state index contributed by atoms with van der Waals surface area (Å²) in [6.07, 6.45) is -0.0252. The molecule has 0 aliphatic heterocycles. The highest BCUT2D eigenvalue weighted by Crippen LogP contribution is 2.22. The Morgan fingerprint density at radius 3 is 2.18 bits per heavy atom. The molecule has 0 aliphatic rings. The van der Waals surface area contributed by atoms with Gasteiger partial charge in [0.05, 0.1) is 6.42 Å². The van der Waals surface area contributed by atoms with Crippen molar-refractivity contribution in [2.75, 3.05) is 16.0 Å². The van der Waals surface area contributed by atoms with Gasteiger partial charge in [-0.05, 0) is 54.1 Å². The number of nitrogens with one attached hydrogen (secondary N) is 3. The number of anilines is 4. The number of rotatable bonds is 6. The summed E-state index contributed by atoms with van der Waals surface area (Å²) in [4.78, 5) is 23.3. The summed E-state index contributed by atoms with van der Waals surface area (Å²) in [5, 5.41) is 8.72. The Hall–Kier alpha value is -3.67. The lowest BCUT2D eigenvalue weighted by Crippen LogP contribution is -2.15. The maximum atomic E-state index is 13.6. The molecule has 3 rings (SSSR count). The third-order valence-electron chi connectivity index (χ3n) is 3.95. The van der Waals surface area contributed by atoms with E-state index in [-0.39, 0.29) is 18.2 Å². The zero-order chi connectivity index (χ0) is 19.9. The summed E-state index contributed by atoms with van der Waals surface area (Å²) in [7, 11) is 0. The van der Waals surface area contributed by atoms with Crippen LogP contribution in [0.2, 0.25) is 0 Å². The monoisotopic (exact) mass is 377 g/mol. The van der Waals surface area contributed by atoms with Gasteiger partial charge in [0.1, 0.15) is 5.82 Å². The van der Waals surface area contributed by atoms with E-state index in [2.05, 4.69) is 16.0 Å². The lowest BCUT2D eigenvalue weighted by molar-refractivity contribution is -0.116. The Bertz CT molecular complexity index is 987. The largest absolute Gasteiger partial charge is 0.355 e. The molecular formula is C22H20FN3O2. The second kappa shape index (κ2) is 8.81. The van der Waals surface area contributed by atoms with Crippen LogP contribution in [0.3, 0.4) is 0 Å². The van der Waals surface area contributed by atoms with E-state index in [4.69, 9.17) is 0 Å². The van der Waals surface area contributed by atoms with E-state index in [1.54, 1.807) is 36.4 Å². The topological polar surface area (TPSA) is 70.2 Å². The molecule has 5 nitrogen and oxygen atoms in total. The summed E-state index contributed by atoms with van der Waals surface area (Å²) in [6.45, 7) is 1.46. The fraction of sp³-hybridized carbons (Fsp3) is 0.0909. The first kappa shape index (κ1) is 19.1. The summed E-state index contributed by atoms with van der Waals surface area (Å²) in [5.74, 6) is -0.805.